The molecule has 2 unspecified atom stereocenters. The number of methoxy groups -OCH3 is 1. The van der Waals surface area contributed by atoms with Gasteiger partial charge in [0, 0.05) is 36.0 Å². The number of imide groups is 2. The molecule has 6 N–H and O–H groups in total. The number of hydrogen-bond acceptors (Lipinski definition) is 13. The predicted molar refractivity (Wildman–Crippen MR) is 215 cm³/mol. The molecule has 6 amide bonds. The van der Waals surface area contributed by atoms with E-state index in [0.717, 1.165) is 17.0 Å². The molecule has 1 saturated carbocycles. The average Bonchev–Trinajstić information content (AvgIpc) is 3.95. The molecular formula is C42H43F3N8O9. The van der Waals surface area contributed by atoms with Crippen LogP contribution in [0.2, 0.25) is 0 Å². The summed E-state index contributed by atoms with van der Waals surface area (Å²) in [6.45, 7) is 2.95. The number of ether oxygens (including phenoxy) is 3. The number of nitrogens with two attached hydrogens (primary N) is 1. The Bertz CT molecular complexity index is 2510. The summed E-state index contributed by atoms with van der Waals surface area (Å²) in [5, 5.41) is 11.1. The number of nitrogens with one attached hydrogen (secondary N) is 4. The molecule has 326 valence electrons. The van der Waals surface area contributed by atoms with E-state index < -0.39 is 77.3 Å². The molecule has 20 heteroatoms. The molecular weight excluding hydrogens is 818 g/mol. The largest absolute Gasteiger partial charge is 0.493 e. The molecule has 0 radical (unpaired) electrons. The van der Waals surface area contributed by atoms with Crippen LogP contribution < -0.4 is 41.2 Å². The Morgan fingerprint density at radius 1 is 1.00 bits per heavy atom. The highest BCUT2D eigenvalue weighted by Gasteiger charge is 2.47. The normalized spacial score (nSPS) is 17.8. The first-order chi connectivity index (χ1) is 29.4. The molecule has 17 nitrogen and oxygen atoms in total. The van der Waals surface area contributed by atoms with Gasteiger partial charge in [-0.15, -0.1) is 0 Å². The third kappa shape index (κ3) is 9.03. The van der Waals surface area contributed by atoms with E-state index in [0.29, 0.717) is 52.4 Å². The smallest absolute Gasteiger partial charge is 0.416 e. The minimum atomic E-state index is -4.59. The second kappa shape index (κ2) is 16.8. The number of piperidine rings is 1. The number of hydrogen-bond donors (Lipinski definition) is 5. The maximum Gasteiger partial charge on any atom is 0.416 e. The molecule has 2 aliphatic heterocycles. The summed E-state index contributed by atoms with van der Waals surface area (Å²) in [4.78, 5) is 86.4. The third-order valence-electron chi connectivity index (χ3n) is 11.1. The first-order valence-corrected chi connectivity index (χ1v) is 19.6. The van der Waals surface area contributed by atoms with Gasteiger partial charge in [0.2, 0.25) is 17.7 Å². The summed E-state index contributed by atoms with van der Waals surface area (Å²) >= 11 is 0. The Morgan fingerprint density at radius 2 is 1.74 bits per heavy atom. The van der Waals surface area contributed by atoms with E-state index >= 15 is 0 Å². The van der Waals surface area contributed by atoms with Crippen molar-refractivity contribution in [2.75, 3.05) is 38.4 Å². The summed E-state index contributed by atoms with van der Waals surface area (Å²) in [7, 11) is 2.90. The summed E-state index contributed by atoms with van der Waals surface area (Å²) < 4.78 is 58.3. The average molecular weight is 861 g/mol. The van der Waals surface area contributed by atoms with E-state index in [9.17, 15) is 41.9 Å². The number of rotatable bonds is 15. The molecule has 3 aromatic carbocycles. The minimum absolute atomic E-state index is 0.00133. The van der Waals surface area contributed by atoms with Crippen LogP contribution >= 0.6 is 0 Å². The molecule has 3 heterocycles. The van der Waals surface area contributed by atoms with Gasteiger partial charge < -0.3 is 35.9 Å². The highest BCUT2D eigenvalue weighted by molar-refractivity contribution is 6.23. The number of alkyl halides is 3. The lowest BCUT2D eigenvalue weighted by Gasteiger charge is -2.27. The summed E-state index contributed by atoms with van der Waals surface area (Å²) in [5.74, 6) is -2.26. The lowest BCUT2D eigenvalue weighted by Crippen LogP contribution is -2.54. The van der Waals surface area contributed by atoms with Gasteiger partial charge in [0.15, 0.2) is 18.1 Å². The van der Waals surface area contributed by atoms with Gasteiger partial charge in [0.25, 0.3) is 17.7 Å². The Labute approximate surface area is 352 Å². The number of carbonyl (C=O) groups excluding carboxylic acids is 6. The second-order valence-electron chi connectivity index (χ2n) is 15.6. The number of aromatic nitrogens is 2. The topological polar surface area (TPSA) is 233 Å². The first kappa shape index (κ1) is 43.1. The van der Waals surface area contributed by atoms with Crippen molar-refractivity contribution in [3.63, 3.8) is 0 Å². The molecule has 1 saturated heterocycles. The van der Waals surface area contributed by atoms with Crippen molar-refractivity contribution in [1.29, 1.82) is 0 Å². The van der Waals surface area contributed by atoms with Gasteiger partial charge in [-0.1, -0.05) is 0 Å². The van der Waals surface area contributed by atoms with Gasteiger partial charge in [-0.05, 0) is 87.6 Å². The number of nitrogen functional groups attached to an aromatic ring is 1. The van der Waals surface area contributed by atoms with Crippen LogP contribution in [0.3, 0.4) is 0 Å². The van der Waals surface area contributed by atoms with E-state index in [1.54, 1.807) is 26.0 Å². The van der Waals surface area contributed by atoms with Crippen molar-refractivity contribution >= 4 is 57.9 Å². The maximum absolute atomic E-state index is 13.6. The van der Waals surface area contributed by atoms with Crippen molar-refractivity contribution in [3.05, 3.63) is 76.6 Å². The molecule has 0 bridgehead atoms. The first-order valence-electron chi connectivity index (χ1n) is 19.6. The van der Waals surface area contributed by atoms with E-state index in [4.69, 9.17) is 19.9 Å². The van der Waals surface area contributed by atoms with Crippen molar-refractivity contribution < 1.29 is 56.1 Å². The molecule has 0 spiro atoms. The number of nitrogens with zero attached hydrogens (tertiary/aromatic N) is 3. The summed E-state index contributed by atoms with van der Waals surface area (Å²) in [6.07, 6.45) is -3.07. The molecule has 1 aromatic heterocycles. The molecule has 2 fully saturated rings. The van der Waals surface area contributed by atoms with Crippen LogP contribution in [0.4, 0.5) is 24.7 Å². The number of anilines is 2. The standard InChI is InChI=1S/C42H43F3N8O9/c1-20(22-11-23(42(43,44)45)13-24(46)12-22)48-36-28-15-33(32(60-4)16-29(28)49-21(2)50-36)62-19-41(9-10-41)17-30(37(56)47-3)51-35(55)18-61-25-5-6-26-27(14-25)40(59)53(39(26)58)31-7-8-34(54)52-38(31)57/h5-6,11-16,20,30-31H,7-10,17-19,46H2,1-4H3,(H,47,56)(H,51,55)(H,48,49,50)(H,52,54,57)/t20-,30?,31?/m1/s1. The van der Waals surface area contributed by atoms with Gasteiger partial charge in [-0.3, -0.25) is 39.0 Å². The number of carbonyl (C=O) groups is 6. The third-order valence-corrected chi connectivity index (χ3v) is 11.1. The van der Waals surface area contributed by atoms with Gasteiger partial charge in [-0.25, -0.2) is 9.97 Å². The van der Waals surface area contributed by atoms with Crippen LogP contribution in [0.25, 0.3) is 10.9 Å². The number of aryl methyl sites for hydroxylation is 1. The van der Waals surface area contributed by atoms with Crippen LogP contribution in [0.1, 0.15) is 82.7 Å². The quantitative estimate of drug-likeness (QED) is 0.0842. The second-order valence-corrected chi connectivity index (χ2v) is 15.6. The Kier molecular flexibility index (Phi) is 11.7. The van der Waals surface area contributed by atoms with Gasteiger partial charge in [-0.2, -0.15) is 13.2 Å². The summed E-state index contributed by atoms with van der Waals surface area (Å²) in [6, 6.07) is 7.96. The van der Waals surface area contributed by atoms with Crippen LogP contribution in [-0.2, 0) is 25.4 Å². The Hall–Kier alpha value is -6.99. The van der Waals surface area contributed by atoms with Gasteiger partial charge in [0.05, 0.1) is 42.0 Å². The fraction of sp³-hybridized carbons (Fsp3) is 0.381. The molecule has 7 rings (SSSR count). The number of likely N-dealkylation sites (N-methyl/N-ethyl adjacent to an activating group) is 1. The van der Waals surface area contributed by atoms with Crippen molar-refractivity contribution in [2.24, 2.45) is 5.41 Å². The number of amides is 6. The zero-order valence-corrected chi connectivity index (χ0v) is 34.0. The lowest BCUT2D eigenvalue weighted by atomic mass is 9.97. The van der Waals surface area contributed by atoms with E-state index in [-0.39, 0.29) is 48.4 Å². The van der Waals surface area contributed by atoms with Crippen LogP contribution in [0, 0.1) is 12.3 Å². The number of halogens is 3. The molecule has 3 aliphatic rings. The zero-order chi connectivity index (χ0) is 44.7. The van der Waals surface area contributed by atoms with E-state index in [1.165, 1.54) is 38.4 Å². The van der Waals surface area contributed by atoms with Crippen molar-refractivity contribution in [1.82, 2.24) is 30.8 Å². The minimum Gasteiger partial charge on any atom is -0.493 e. The molecule has 1 aliphatic carbocycles. The fourth-order valence-corrected chi connectivity index (χ4v) is 7.57. The summed E-state index contributed by atoms with van der Waals surface area (Å²) in [5.41, 5.74) is 5.20. The van der Waals surface area contributed by atoms with Crippen LogP contribution in [-0.4, -0.2) is 89.8 Å². The SMILES string of the molecule is CNC(=O)C(CC1(COc2cc3c(N[C@H](C)c4cc(N)cc(C(F)(F)F)c4)nc(C)nc3cc2OC)CC1)NC(=O)COc1ccc2c(c1)C(=O)N(C1CCC(=O)NC1=O)C2=O. The molecule has 62 heavy (non-hydrogen) atoms. The molecule has 3 atom stereocenters. The van der Waals surface area contributed by atoms with Gasteiger partial charge in [0.1, 0.15) is 29.5 Å². The van der Waals surface area contributed by atoms with E-state index in [2.05, 4.69) is 31.2 Å². The highest BCUT2D eigenvalue weighted by atomic mass is 19.4. The van der Waals surface area contributed by atoms with Gasteiger partial charge >= 0.3 is 6.18 Å². The van der Waals surface area contributed by atoms with Crippen LogP contribution in [0.15, 0.2) is 48.5 Å². The number of fused-ring (bicyclic) bond motifs is 2. The monoisotopic (exact) mass is 860 g/mol. The molecule has 4 aromatic rings. The van der Waals surface area contributed by atoms with Crippen molar-refractivity contribution in [2.45, 2.75) is 70.3 Å². The van der Waals surface area contributed by atoms with Crippen LogP contribution in [0.5, 0.6) is 17.2 Å². The Morgan fingerprint density at radius 3 is 2.42 bits per heavy atom. The zero-order valence-electron chi connectivity index (χ0n) is 34.0. The highest BCUT2D eigenvalue weighted by Crippen LogP contribution is 2.50. The van der Waals surface area contributed by atoms with E-state index in [1.807, 2.05) is 0 Å². The van der Waals surface area contributed by atoms with Crippen molar-refractivity contribution in [3.8, 4) is 17.2 Å². The Balaban J connectivity index is 1.01. The predicted octanol–water partition coefficient (Wildman–Crippen LogP) is 3.98. The fourth-order valence-electron chi connectivity index (χ4n) is 7.57. The maximum atomic E-state index is 13.6. The lowest BCUT2D eigenvalue weighted by molar-refractivity contribution is -0.138. The number of benzene rings is 3.